The minimum atomic E-state index is -1.16. The van der Waals surface area contributed by atoms with Crippen molar-refractivity contribution < 1.29 is 29.3 Å². The topological polar surface area (TPSA) is 134 Å². The molecule has 0 radical (unpaired) electrons. The summed E-state index contributed by atoms with van der Waals surface area (Å²) in [6, 6.07) is 2.34. The first-order valence-electron chi connectivity index (χ1n) is 7.89. The zero-order valence-electron chi connectivity index (χ0n) is 14.4. The maximum absolute atomic E-state index is 12.6. The van der Waals surface area contributed by atoms with Gasteiger partial charge in [0.05, 0.1) is 36.0 Å². The van der Waals surface area contributed by atoms with Gasteiger partial charge in [0.2, 0.25) is 0 Å². The lowest BCUT2D eigenvalue weighted by Gasteiger charge is -2.41. The Balaban J connectivity index is 2.16. The zero-order valence-corrected chi connectivity index (χ0v) is 15.2. The maximum atomic E-state index is 12.6. The van der Waals surface area contributed by atoms with Crippen LogP contribution in [0.1, 0.15) is 16.8 Å². The fourth-order valence-electron chi connectivity index (χ4n) is 2.97. The van der Waals surface area contributed by atoms with Crippen molar-refractivity contribution in [1.29, 1.82) is 0 Å². The average molecular weight is 388 g/mol. The van der Waals surface area contributed by atoms with Gasteiger partial charge in [0.25, 0.3) is 5.91 Å². The minimum Gasteiger partial charge on any atom is -0.496 e. The summed E-state index contributed by atoms with van der Waals surface area (Å²) in [4.78, 5) is 24.9. The summed E-state index contributed by atoms with van der Waals surface area (Å²) in [5.74, 6) is -1.25. The summed E-state index contributed by atoms with van der Waals surface area (Å²) in [7, 11) is 2.80. The molecule has 10 heteroatoms. The van der Waals surface area contributed by atoms with Crippen molar-refractivity contribution in [3.05, 3.63) is 22.7 Å². The third-order valence-electron chi connectivity index (χ3n) is 4.28. The van der Waals surface area contributed by atoms with Gasteiger partial charge in [-0.25, -0.2) is 0 Å². The molecule has 1 aromatic rings. The molecule has 0 spiro atoms. The normalized spacial score (nSPS) is 23.5. The number of nitrogens with zero attached hydrogens (tertiary/aromatic N) is 1. The van der Waals surface area contributed by atoms with E-state index in [1.54, 1.807) is 0 Å². The smallest absolute Gasteiger partial charge is 0.317 e. The second kappa shape index (κ2) is 8.54. The fraction of sp³-hybridized carbons (Fsp3) is 0.500. The van der Waals surface area contributed by atoms with Crippen LogP contribution in [-0.4, -0.2) is 72.7 Å². The molecule has 9 nitrogen and oxygen atoms in total. The number of anilines is 1. The number of aliphatic hydroxyl groups is 1. The summed E-state index contributed by atoms with van der Waals surface area (Å²) in [5.41, 5.74) is 6.20. The lowest BCUT2D eigenvalue weighted by Crippen LogP contribution is -2.61. The Morgan fingerprint density at radius 1 is 1.42 bits per heavy atom. The first-order valence-corrected chi connectivity index (χ1v) is 8.26. The average Bonchev–Trinajstić information content (AvgIpc) is 2.59. The van der Waals surface area contributed by atoms with Crippen LogP contribution in [0, 0.1) is 0 Å². The van der Waals surface area contributed by atoms with E-state index in [2.05, 4.69) is 5.32 Å². The van der Waals surface area contributed by atoms with Crippen molar-refractivity contribution in [2.75, 3.05) is 33.0 Å². The molecule has 1 amide bonds. The number of carboxylic acid groups (broad SMARTS) is 1. The summed E-state index contributed by atoms with van der Waals surface area (Å²) < 4.78 is 10.5. The predicted octanol–water partition coefficient (Wildman–Crippen LogP) is 0.153. The number of halogens is 1. The number of ether oxygens (including phenoxy) is 2. The maximum Gasteiger partial charge on any atom is 0.317 e. The molecule has 1 aromatic carbocycles. The van der Waals surface area contributed by atoms with Crippen LogP contribution in [0.5, 0.6) is 5.75 Å². The highest BCUT2D eigenvalue weighted by molar-refractivity contribution is 6.33. The molecule has 1 fully saturated rings. The molecular formula is C16H22ClN3O6. The lowest BCUT2D eigenvalue weighted by atomic mass is 9.99. The monoisotopic (exact) mass is 387 g/mol. The Morgan fingerprint density at radius 2 is 2.12 bits per heavy atom. The van der Waals surface area contributed by atoms with E-state index in [4.69, 9.17) is 31.9 Å². The number of nitrogens with two attached hydrogens (primary N) is 1. The van der Waals surface area contributed by atoms with Crippen LogP contribution in [0.3, 0.4) is 0 Å². The number of methoxy groups -OCH3 is 2. The molecule has 3 atom stereocenters. The highest BCUT2D eigenvalue weighted by Crippen LogP contribution is 2.29. The van der Waals surface area contributed by atoms with E-state index in [1.165, 1.54) is 31.3 Å². The SMILES string of the molecule is COc1cc(N)c(Cl)cc1C(=O)NC1CCN(CC(=O)O)C(O)C1OC. The van der Waals surface area contributed by atoms with Crippen LogP contribution in [0.2, 0.25) is 5.02 Å². The molecule has 26 heavy (non-hydrogen) atoms. The van der Waals surface area contributed by atoms with E-state index in [-0.39, 0.29) is 35.1 Å². The molecule has 1 saturated heterocycles. The van der Waals surface area contributed by atoms with Gasteiger partial charge < -0.3 is 30.7 Å². The first-order chi connectivity index (χ1) is 12.3. The van der Waals surface area contributed by atoms with E-state index < -0.39 is 30.3 Å². The highest BCUT2D eigenvalue weighted by atomic mass is 35.5. The predicted molar refractivity (Wildman–Crippen MR) is 94.3 cm³/mol. The van der Waals surface area contributed by atoms with Gasteiger partial charge >= 0.3 is 5.97 Å². The molecule has 144 valence electrons. The summed E-state index contributed by atoms with van der Waals surface area (Å²) in [6.07, 6.45) is -1.55. The number of hydrogen-bond acceptors (Lipinski definition) is 7. The number of carbonyl (C=O) groups excluding carboxylic acids is 1. The van der Waals surface area contributed by atoms with Gasteiger partial charge in [-0.1, -0.05) is 11.6 Å². The van der Waals surface area contributed by atoms with Crippen LogP contribution >= 0.6 is 11.6 Å². The van der Waals surface area contributed by atoms with Crippen molar-refractivity contribution in [2.24, 2.45) is 0 Å². The first kappa shape index (κ1) is 20.2. The molecule has 1 heterocycles. The van der Waals surface area contributed by atoms with Crippen LogP contribution in [-0.2, 0) is 9.53 Å². The standard InChI is InChI=1S/C16H22ClN3O6/c1-25-12-6-10(18)9(17)5-8(12)15(23)19-11-3-4-20(7-13(21)22)16(24)14(11)26-2/h5-6,11,14,16,24H,3-4,7,18H2,1-2H3,(H,19,23)(H,21,22). The van der Waals surface area contributed by atoms with Gasteiger partial charge in [-0.05, 0) is 12.5 Å². The molecule has 1 aliphatic rings. The Bertz CT molecular complexity index is 686. The van der Waals surface area contributed by atoms with Gasteiger partial charge in [0.1, 0.15) is 18.1 Å². The zero-order chi connectivity index (χ0) is 19.4. The van der Waals surface area contributed by atoms with Crippen LogP contribution in [0.25, 0.3) is 0 Å². The van der Waals surface area contributed by atoms with Crippen LogP contribution < -0.4 is 15.8 Å². The molecule has 1 aliphatic heterocycles. The number of aliphatic carboxylic acids is 1. The van der Waals surface area contributed by atoms with Crippen molar-refractivity contribution in [3.63, 3.8) is 0 Å². The molecule has 2 rings (SSSR count). The molecule has 5 N–H and O–H groups in total. The molecule has 0 saturated carbocycles. The summed E-state index contributed by atoms with van der Waals surface area (Å²) in [6.45, 7) is -0.0268. The molecule has 3 unspecified atom stereocenters. The van der Waals surface area contributed by atoms with E-state index in [0.717, 1.165) is 0 Å². The Labute approximate surface area is 155 Å². The van der Waals surface area contributed by atoms with Gasteiger partial charge in [-0.3, -0.25) is 14.5 Å². The van der Waals surface area contributed by atoms with Crippen molar-refractivity contribution in [1.82, 2.24) is 10.2 Å². The molecule has 0 bridgehead atoms. The van der Waals surface area contributed by atoms with Crippen molar-refractivity contribution in [2.45, 2.75) is 24.8 Å². The number of nitrogens with one attached hydrogen (secondary N) is 1. The van der Waals surface area contributed by atoms with Crippen molar-refractivity contribution in [3.8, 4) is 5.75 Å². The highest BCUT2D eigenvalue weighted by Gasteiger charge is 2.39. The van der Waals surface area contributed by atoms with Gasteiger partial charge in [-0.15, -0.1) is 0 Å². The number of benzene rings is 1. The minimum absolute atomic E-state index is 0.198. The number of likely N-dealkylation sites (tertiary alicyclic amines) is 1. The Morgan fingerprint density at radius 3 is 2.69 bits per heavy atom. The van der Waals surface area contributed by atoms with Crippen LogP contribution in [0.15, 0.2) is 12.1 Å². The summed E-state index contributed by atoms with van der Waals surface area (Å²) >= 11 is 5.99. The third-order valence-corrected chi connectivity index (χ3v) is 4.61. The fourth-order valence-corrected chi connectivity index (χ4v) is 3.13. The number of carbonyl (C=O) groups is 2. The second-order valence-electron chi connectivity index (χ2n) is 5.92. The van der Waals surface area contributed by atoms with Gasteiger partial charge in [-0.2, -0.15) is 0 Å². The number of rotatable bonds is 6. The van der Waals surface area contributed by atoms with Crippen molar-refractivity contribution >= 4 is 29.2 Å². The number of piperidine rings is 1. The number of aliphatic hydroxyl groups excluding tert-OH is 1. The third kappa shape index (κ3) is 4.36. The molecular weight excluding hydrogens is 366 g/mol. The number of nitrogen functional groups attached to an aromatic ring is 1. The number of hydrogen-bond donors (Lipinski definition) is 4. The number of carboxylic acids is 1. The van der Waals surface area contributed by atoms with Gasteiger partial charge in [0.15, 0.2) is 0 Å². The molecule has 0 aliphatic carbocycles. The van der Waals surface area contributed by atoms with E-state index in [1.807, 2.05) is 0 Å². The van der Waals surface area contributed by atoms with Crippen LogP contribution in [0.4, 0.5) is 5.69 Å². The summed E-state index contributed by atoms with van der Waals surface area (Å²) in [5, 5.41) is 22.2. The second-order valence-corrected chi connectivity index (χ2v) is 6.33. The number of amides is 1. The lowest BCUT2D eigenvalue weighted by molar-refractivity contribution is -0.156. The Kier molecular flexibility index (Phi) is 6.65. The van der Waals surface area contributed by atoms with E-state index in [0.29, 0.717) is 6.42 Å². The quantitative estimate of drug-likeness (QED) is 0.507. The van der Waals surface area contributed by atoms with E-state index >= 15 is 0 Å². The molecule has 0 aromatic heterocycles. The van der Waals surface area contributed by atoms with E-state index in [9.17, 15) is 14.7 Å². The van der Waals surface area contributed by atoms with Gasteiger partial charge in [0, 0.05) is 19.7 Å². The largest absolute Gasteiger partial charge is 0.496 e. The Hall–Kier alpha value is -2.07.